The molecule has 0 radical (unpaired) electrons. The molecule has 25 heavy (non-hydrogen) atoms. The lowest BCUT2D eigenvalue weighted by Crippen LogP contribution is -2.40. The highest BCUT2D eigenvalue weighted by molar-refractivity contribution is 7.89. The monoisotopic (exact) mass is 380 g/mol. The van der Waals surface area contributed by atoms with E-state index in [0.717, 1.165) is 10.5 Å². The van der Waals surface area contributed by atoms with Crippen LogP contribution in [0.4, 0.5) is 0 Å². The summed E-state index contributed by atoms with van der Waals surface area (Å²) in [7, 11) is -3.02. The van der Waals surface area contributed by atoms with Crippen molar-refractivity contribution < 1.29 is 13.7 Å². The van der Waals surface area contributed by atoms with Gasteiger partial charge in [-0.3, -0.25) is 0 Å². The Bertz CT molecular complexity index is 625. The lowest BCUT2D eigenvalue weighted by Gasteiger charge is -2.36. The van der Waals surface area contributed by atoms with Crippen molar-refractivity contribution in [3.05, 3.63) is 53.0 Å². The molecule has 0 aliphatic carbocycles. The number of aliphatic hydroxyl groups excluding tert-OH is 1. The summed E-state index contributed by atoms with van der Waals surface area (Å²) in [6.07, 6.45) is 6.01. The summed E-state index contributed by atoms with van der Waals surface area (Å²) in [5, 5.41) is 9.22. The smallest absolute Gasteiger partial charge is 0.191 e. The second-order valence-corrected chi connectivity index (χ2v) is 14.0. The Morgan fingerprint density at radius 1 is 1.24 bits per heavy atom. The van der Waals surface area contributed by atoms with Crippen LogP contribution in [0.5, 0.6) is 0 Å². The van der Waals surface area contributed by atoms with Gasteiger partial charge in [-0.2, -0.15) is 0 Å². The van der Waals surface area contributed by atoms with E-state index in [1.807, 2.05) is 37.3 Å². The zero-order valence-corrected chi connectivity index (χ0v) is 18.2. The average Bonchev–Trinajstić information content (AvgIpc) is 2.53. The quantitative estimate of drug-likeness (QED) is 0.394. The number of allylic oxidation sites excluding steroid dienone is 1. The van der Waals surface area contributed by atoms with Crippen molar-refractivity contribution in [3.63, 3.8) is 0 Å². The maximum Gasteiger partial charge on any atom is 0.191 e. The molecule has 0 saturated heterocycles. The van der Waals surface area contributed by atoms with E-state index in [-0.39, 0.29) is 11.6 Å². The molecule has 0 bridgehead atoms. The molecule has 0 aliphatic heterocycles. The summed E-state index contributed by atoms with van der Waals surface area (Å²) in [6, 6.07) is 7.69. The third kappa shape index (κ3) is 7.02. The van der Waals surface area contributed by atoms with Gasteiger partial charge in [-0.25, -0.2) is 4.21 Å². The molecule has 1 N–H and O–H groups in total. The maximum atomic E-state index is 12.8. The summed E-state index contributed by atoms with van der Waals surface area (Å²) >= 11 is 0. The van der Waals surface area contributed by atoms with Gasteiger partial charge in [-0.05, 0) is 49.7 Å². The van der Waals surface area contributed by atoms with Crippen LogP contribution in [0.1, 0.15) is 32.8 Å². The van der Waals surface area contributed by atoms with Gasteiger partial charge < -0.3 is 9.53 Å². The first-order valence-electron chi connectivity index (χ1n) is 8.68. The zero-order chi connectivity index (χ0) is 19.1. The van der Waals surface area contributed by atoms with Crippen molar-refractivity contribution in [1.29, 1.82) is 0 Å². The molecule has 0 amide bonds. The van der Waals surface area contributed by atoms with Crippen LogP contribution in [0.25, 0.3) is 0 Å². The minimum absolute atomic E-state index is 0.0666. The minimum atomic E-state index is -1.76. The topological polar surface area (TPSA) is 46.5 Å². The fourth-order valence-corrected chi connectivity index (χ4v) is 4.11. The molecule has 0 aromatic heterocycles. The fraction of sp³-hybridized carbons (Fsp3) is 0.500. The Labute approximate surface area is 156 Å². The second kappa shape index (κ2) is 9.62. The van der Waals surface area contributed by atoms with Crippen LogP contribution >= 0.6 is 0 Å². The van der Waals surface area contributed by atoms with E-state index in [9.17, 15) is 4.21 Å². The predicted molar refractivity (Wildman–Crippen MR) is 110 cm³/mol. The fourth-order valence-electron chi connectivity index (χ4n) is 1.90. The summed E-state index contributed by atoms with van der Waals surface area (Å²) in [6.45, 7) is 13.7. The third-order valence-electron chi connectivity index (χ3n) is 4.57. The molecule has 0 unspecified atom stereocenters. The SMILES string of the molecule is Cc1ccc([S@](=O)C(/C=C\CO)=C\CCO[Si](C)(C)C(C)(C)C)cc1. The van der Waals surface area contributed by atoms with Crippen LogP contribution in [0.2, 0.25) is 18.1 Å². The van der Waals surface area contributed by atoms with Crippen LogP contribution in [0.15, 0.2) is 52.3 Å². The van der Waals surface area contributed by atoms with Crippen molar-refractivity contribution in [2.45, 2.75) is 57.1 Å². The third-order valence-corrected chi connectivity index (χ3v) is 10.5. The van der Waals surface area contributed by atoms with E-state index < -0.39 is 19.1 Å². The van der Waals surface area contributed by atoms with Gasteiger partial charge in [0.25, 0.3) is 0 Å². The molecule has 3 nitrogen and oxygen atoms in total. The van der Waals surface area contributed by atoms with Gasteiger partial charge >= 0.3 is 0 Å². The average molecular weight is 381 g/mol. The van der Waals surface area contributed by atoms with E-state index in [0.29, 0.717) is 17.9 Å². The lowest BCUT2D eigenvalue weighted by molar-refractivity contribution is 0.294. The predicted octanol–water partition coefficient (Wildman–Crippen LogP) is 4.95. The number of aliphatic hydroxyl groups is 1. The molecular weight excluding hydrogens is 348 g/mol. The first kappa shape index (κ1) is 22.0. The van der Waals surface area contributed by atoms with E-state index in [2.05, 4.69) is 33.9 Å². The van der Waals surface area contributed by atoms with Crippen LogP contribution in [-0.2, 0) is 15.2 Å². The summed E-state index contributed by atoms with van der Waals surface area (Å²) in [4.78, 5) is 1.47. The highest BCUT2D eigenvalue weighted by Crippen LogP contribution is 2.36. The highest BCUT2D eigenvalue weighted by atomic mass is 32.2. The van der Waals surface area contributed by atoms with Gasteiger partial charge in [-0.1, -0.05) is 50.6 Å². The molecule has 0 spiro atoms. The molecule has 140 valence electrons. The highest BCUT2D eigenvalue weighted by Gasteiger charge is 2.36. The van der Waals surface area contributed by atoms with Crippen molar-refractivity contribution in [2.24, 2.45) is 0 Å². The first-order valence-corrected chi connectivity index (χ1v) is 12.7. The molecule has 1 rings (SSSR count). The molecule has 1 aromatic rings. The number of benzene rings is 1. The number of hydrogen-bond donors (Lipinski definition) is 1. The molecular formula is C20H32O3SSi. The van der Waals surface area contributed by atoms with Crippen LogP contribution in [-0.4, -0.2) is 30.8 Å². The lowest BCUT2D eigenvalue weighted by atomic mass is 10.2. The van der Waals surface area contributed by atoms with Gasteiger partial charge in [0.05, 0.1) is 17.4 Å². The zero-order valence-electron chi connectivity index (χ0n) is 16.3. The van der Waals surface area contributed by atoms with Crippen molar-refractivity contribution in [1.82, 2.24) is 0 Å². The van der Waals surface area contributed by atoms with Crippen LogP contribution < -0.4 is 0 Å². The van der Waals surface area contributed by atoms with Gasteiger partial charge in [-0.15, -0.1) is 0 Å². The van der Waals surface area contributed by atoms with Crippen molar-refractivity contribution >= 4 is 19.1 Å². The molecule has 1 aromatic carbocycles. The molecule has 0 aliphatic rings. The maximum absolute atomic E-state index is 12.8. The number of hydrogen-bond acceptors (Lipinski definition) is 3. The van der Waals surface area contributed by atoms with E-state index in [4.69, 9.17) is 9.53 Å². The summed E-state index contributed by atoms with van der Waals surface area (Å²) in [5.74, 6) is 0. The molecule has 5 heteroatoms. The number of aryl methyl sites for hydroxylation is 1. The van der Waals surface area contributed by atoms with Gasteiger partial charge in [0.1, 0.15) is 0 Å². The van der Waals surface area contributed by atoms with Crippen molar-refractivity contribution in [2.75, 3.05) is 13.2 Å². The van der Waals surface area contributed by atoms with Crippen LogP contribution in [0.3, 0.4) is 0 Å². The Morgan fingerprint density at radius 3 is 2.36 bits per heavy atom. The Kier molecular flexibility index (Phi) is 8.48. The van der Waals surface area contributed by atoms with Gasteiger partial charge in [0.2, 0.25) is 0 Å². The Hall–Kier alpha value is -1.01. The Morgan fingerprint density at radius 2 is 1.84 bits per heavy atom. The standard InChI is InChI=1S/C20H32O3SSi/c1-17-11-13-19(14-12-17)24(22)18(9-7-15-21)10-8-16-23-25(5,6)20(2,3)4/h7,9-14,21H,8,15-16H2,1-6H3/b9-7-,18-10-/t24-/m1/s1. The van der Waals surface area contributed by atoms with Gasteiger partial charge in [0.15, 0.2) is 8.32 Å². The Balaban J connectivity index is 2.81. The van der Waals surface area contributed by atoms with Crippen molar-refractivity contribution in [3.8, 4) is 0 Å². The van der Waals surface area contributed by atoms with E-state index >= 15 is 0 Å². The normalized spacial score (nSPS) is 14.9. The molecule has 1 atom stereocenters. The second-order valence-electron chi connectivity index (χ2n) is 7.67. The summed E-state index contributed by atoms with van der Waals surface area (Å²) < 4.78 is 19.0. The number of rotatable bonds is 8. The van der Waals surface area contributed by atoms with E-state index in [1.165, 1.54) is 0 Å². The van der Waals surface area contributed by atoms with E-state index in [1.54, 1.807) is 12.2 Å². The molecule has 0 fully saturated rings. The minimum Gasteiger partial charge on any atom is -0.417 e. The first-order chi connectivity index (χ1) is 11.6. The summed E-state index contributed by atoms with van der Waals surface area (Å²) in [5.41, 5.74) is 1.14. The molecule has 0 heterocycles. The largest absolute Gasteiger partial charge is 0.417 e. The van der Waals surface area contributed by atoms with Gasteiger partial charge in [0, 0.05) is 16.4 Å². The molecule has 0 saturated carbocycles. The van der Waals surface area contributed by atoms with Crippen LogP contribution in [0, 0.1) is 6.92 Å².